The molecule has 12 nitrogen and oxygen atoms in total. The second-order valence-corrected chi connectivity index (χ2v) is 11.5. The molecule has 0 bridgehead atoms. The van der Waals surface area contributed by atoms with E-state index in [2.05, 4.69) is 20.7 Å². The van der Waals surface area contributed by atoms with Gasteiger partial charge >= 0.3 is 24.1 Å². The largest absolute Gasteiger partial charge is 0.468 e. The Kier molecular flexibility index (Phi) is 12.9. The molecule has 0 aliphatic carbocycles. The van der Waals surface area contributed by atoms with E-state index in [-0.39, 0.29) is 6.42 Å². The van der Waals surface area contributed by atoms with Gasteiger partial charge in [-0.1, -0.05) is 44.2 Å². The summed E-state index contributed by atoms with van der Waals surface area (Å²) in [5.74, 6) is -2.97. The number of nitrogens with one attached hydrogen (secondary N) is 3. The van der Waals surface area contributed by atoms with Crippen LogP contribution in [0.1, 0.15) is 61.0 Å². The standard InChI is InChI=1S/C28H43N3O9/c1-17(2)21(31-26(36)40-28(6,7)8)22(23(33)29-16-20(32)37-9)38-24(34)19(15-18-13-11-10-12-14-18)30-25(35)39-27(3,4)5/h10-14,17,19,21-22H,15-16H2,1-9H3,(H,29,33)(H,30,35)(H,31,36)/t19-,21+,22?/m1/s1. The van der Waals surface area contributed by atoms with Crippen LogP contribution >= 0.6 is 0 Å². The van der Waals surface area contributed by atoms with Gasteiger partial charge in [0.2, 0.25) is 6.10 Å². The Hall–Kier alpha value is -3.83. The van der Waals surface area contributed by atoms with E-state index in [1.807, 2.05) is 0 Å². The monoisotopic (exact) mass is 565 g/mol. The molecule has 0 saturated heterocycles. The highest BCUT2D eigenvalue weighted by Crippen LogP contribution is 2.16. The molecule has 0 fully saturated rings. The minimum atomic E-state index is -1.59. The summed E-state index contributed by atoms with van der Waals surface area (Å²) >= 11 is 0. The van der Waals surface area contributed by atoms with Crippen molar-refractivity contribution in [3.05, 3.63) is 35.9 Å². The molecule has 3 N–H and O–H groups in total. The molecule has 1 aromatic rings. The smallest absolute Gasteiger partial charge is 0.408 e. The number of carbonyl (C=O) groups is 5. The van der Waals surface area contributed by atoms with Crippen LogP contribution in [-0.4, -0.2) is 73.1 Å². The third-order valence-electron chi connectivity index (χ3n) is 5.12. The van der Waals surface area contributed by atoms with Gasteiger partial charge in [0.15, 0.2) is 0 Å². The second kappa shape index (κ2) is 15.1. The van der Waals surface area contributed by atoms with Crippen molar-refractivity contribution in [3.63, 3.8) is 0 Å². The van der Waals surface area contributed by atoms with Crippen LogP contribution in [-0.2, 0) is 39.8 Å². The first-order valence-corrected chi connectivity index (χ1v) is 13.0. The highest BCUT2D eigenvalue weighted by Gasteiger charge is 2.38. The van der Waals surface area contributed by atoms with Gasteiger partial charge in [-0.25, -0.2) is 14.4 Å². The molecular formula is C28H43N3O9. The van der Waals surface area contributed by atoms with E-state index in [4.69, 9.17) is 14.2 Å². The van der Waals surface area contributed by atoms with Gasteiger partial charge in [0, 0.05) is 6.42 Å². The number of carbonyl (C=O) groups excluding carboxylic acids is 5. The number of benzene rings is 1. The lowest BCUT2D eigenvalue weighted by atomic mass is 9.97. The first-order chi connectivity index (χ1) is 18.4. The maximum atomic E-state index is 13.5. The molecule has 1 aromatic carbocycles. The number of alkyl carbamates (subject to hydrolysis) is 2. The fourth-order valence-electron chi connectivity index (χ4n) is 3.36. The predicted molar refractivity (Wildman–Crippen MR) is 146 cm³/mol. The van der Waals surface area contributed by atoms with Gasteiger partial charge in [-0.2, -0.15) is 0 Å². The molecule has 3 atom stereocenters. The summed E-state index contributed by atoms with van der Waals surface area (Å²) in [5.41, 5.74) is -0.954. The lowest BCUT2D eigenvalue weighted by Crippen LogP contribution is -2.57. The molecule has 0 aliphatic rings. The number of amides is 3. The summed E-state index contributed by atoms with van der Waals surface area (Å²) in [6, 6.07) is 6.56. The van der Waals surface area contributed by atoms with E-state index < -0.39 is 71.9 Å². The summed E-state index contributed by atoms with van der Waals surface area (Å²) in [6.07, 6.45) is -3.25. The van der Waals surface area contributed by atoms with Gasteiger partial charge in [0.25, 0.3) is 5.91 Å². The summed E-state index contributed by atoms with van der Waals surface area (Å²) in [5, 5.41) is 7.47. The lowest BCUT2D eigenvalue weighted by molar-refractivity contribution is -0.161. The van der Waals surface area contributed by atoms with Crippen molar-refractivity contribution in [2.75, 3.05) is 13.7 Å². The van der Waals surface area contributed by atoms with Crippen molar-refractivity contribution in [3.8, 4) is 0 Å². The van der Waals surface area contributed by atoms with E-state index in [1.165, 1.54) is 0 Å². The third kappa shape index (κ3) is 13.3. The van der Waals surface area contributed by atoms with Gasteiger partial charge in [-0.3, -0.25) is 9.59 Å². The second-order valence-electron chi connectivity index (χ2n) is 11.5. The van der Waals surface area contributed by atoms with Crippen molar-refractivity contribution in [2.45, 2.75) is 91.2 Å². The van der Waals surface area contributed by atoms with Crippen LogP contribution in [0.5, 0.6) is 0 Å². The number of rotatable bonds is 11. The summed E-state index contributed by atoms with van der Waals surface area (Å²) in [4.78, 5) is 63.5. The molecule has 40 heavy (non-hydrogen) atoms. The van der Waals surface area contributed by atoms with E-state index in [0.717, 1.165) is 7.11 Å². The van der Waals surface area contributed by atoms with Crippen molar-refractivity contribution < 1.29 is 42.9 Å². The van der Waals surface area contributed by atoms with Crippen LogP contribution in [0.25, 0.3) is 0 Å². The number of esters is 2. The molecular weight excluding hydrogens is 522 g/mol. The molecule has 1 rings (SSSR count). The molecule has 0 aliphatic heterocycles. The van der Waals surface area contributed by atoms with E-state index in [0.29, 0.717) is 5.56 Å². The van der Waals surface area contributed by atoms with Crippen LogP contribution in [0.4, 0.5) is 9.59 Å². The first kappa shape index (κ1) is 34.2. The van der Waals surface area contributed by atoms with Gasteiger partial charge in [-0.05, 0) is 53.0 Å². The molecule has 3 amide bonds. The summed E-state index contributed by atoms with van der Waals surface area (Å²) < 4.78 is 20.9. The Bertz CT molecular complexity index is 1010. The molecule has 0 spiro atoms. The number of ether oxygens (including phenoxy) is 4. The molecule has 12 heteroatoms. The van der Waals surface area contributed by atoms with E-state index >= 15 is 0 Å². The zero-order valence-electron chi connectivity index (χ0n) is 24.8. The molecule has 1 unspecified atom stereocenters. The van der Waals surface area contributed by atoms with Gasteiger partial charge < -0.3 is 34.9 Å². The predicted octanol–water partition coefficient (Wildman–Crippen LogP) is 2.87. The SMILES string of the molecule is COC(=O)CNC(=O)C(OC(=O)[C@@H](Cc1ccccc1)NC(=O)OC(C)(C)C)[C@@H](NC(=O)OC(C)(C)C)C(C)C. The first-order valence-electron chi connectivity index (χ1n) is 13.0. The fourth-order valence-corrected chi connectivity index (χ4v) is 3.36. The Balaban J connectivity index is 3.33. The molecule has 224 valence electrons. The minimum Gasteiger partial charge on any atom is -0.468 e. The van der Waals surface area contributed by atoms with Gasteiger partial charge in [0.1, 0.15) is 23.8 Å². The number of methoxy groups -OCH3 is 1. The zero-order valence-corrected chi connectivity index (χ0v) is 24.8. The number of hydrogen-bond donors (Lipinski definition) is 3. The Labute approximate surface area is 235 Å². The summed E-state index contributed by atoms with van der Waals surface area (Å²) in [7, 11) is 1.16. The van der Waals surface area contributed by atoms with Crippen molar-refractivity contribution in [1.29, 1.82) is 0 Å². The molecule has 0 aromatic heterocycles. The molecule has 0 radical (unpaired) electrons. The van der Waals surface area contributed by atoms with Crippen molar-refractivity contribution >= 4 is 30.0 Å². The van der Waals surface area contributed by atoms with Gasteiger partial charge in [0.05, 0.1) is 13.2 Å². The topological polar surface area (TPSA) is 158 Å². The van der Waals surface area contributed by atoms with Crippen molar-refractivity contribution in [1.82, 2.24) is 16.0 Å². The van der Waals surface area contributed by atoms with Crippen LogP contribution in [0, 0.1) is 5.92 Å². The Morgan fingerprint density at radius 2 is 1.35 bits per heavy atom. The van der Waals surface area contributed by atoms with Crippen molar-refractivity contribution in [2.24, 2.45) is 5.92 Å². The Morgan fingerprint density at radius 3 is 1.82 bits per heavy atom. The number of hydrogen-bond acceptors (Lipinski definition) is 9. The minimum absolute atomic E-state index is 0.0290. The summed E-state index contributed by atoms with van der Waals surface area (Å²) in [6.45, 7) is 13.0. The van der Waals surface area contributed by atoms with Crippen LogP contribution in [0.2, 0.25) is 0 Å². The average molecular weight is 566 g/mol. The molecule has 0 heterocycles. The maximum Gasteiger partial charge on any atom is 0.408 e. The van der Waals surface area contributed by atoms with Crippen LogP contribution in [0.15, 0.2) is 30.3 Å². The van der Waals surface area contributed by atoms with E-state index in [1.54, 1.807) is 85.7 Å². The highest BCUT2D eigenvalue weighted by molar-refractivity contribution is 5.89. The zero-order chi connectivity index (χ0) is 30.7. The Morgan fingerprint density at radius 1 is 0.825 bits per heavy atom. The van der Waals surface area contributed by atoms with Crippen LogP contribution in [0.3, 0.4) is 0 Å². The van der Waals surface area contributed by atoms with Gasteiger partial charge in [-0.15, -0.1) is 0 Å². The van der Waals surface area contributed by atoms with E-state index in [9.17, 15) is 24.0 Å². The third-order valence-corrected chi connectivity index (χ3v) is 5.12. The normalized spacial score (nSPS) is 13.8. The average Bonchev–Trinajstić information content (AvgIpc) is 2.82. The molecule has 0 saturated carbocycles. The highest BCUT2D eigenvalue weighted by atomic mass is 16.6. The quantitative estimate of drug-likeness (QED) is 0.271. The maximum absolute atomic E-state index is 13.5. The fraction of sp³-hybridized carbons (Fsp3) is 0.607. The van der Waals surface area contributed by atoms with Crippen LogP contribution < -0.4 is 16.0 Å². The lowest BCUT2D eigenvalue weighted by Gasteiger charge is -2.32.